The van der Waals surface area contributed by atoms with Crippen LogP contribution in [0.15, 0.2) is 52.9 Å². The van der Waals surface area contributed by atoms with Crippen LogP contribution in [0.5, 0.6) is 5.75 Å². The Morgan fingerprint density at radius 3 is 2.80 bits per heavy atom. The first-order valence-electron chi connectivity index (χ1n) is 10.6. The van der Waals surface area contributed by atoms with Crippen LogP contribution in [0.3, 0.4) is 0 Å². The number of ether oxygens (including phenoxy) is 1. The normalized spacial score (nSPS) is 16.3. The number of nitrogens with zero attached hydrogens (tertiary/aromatic N) is 1. The van der Waals surface area contributed by atoms with Gasteiger partial charge in [-0.3, -0.25) is 4.79 Å². The van der Waals surface area contributed by atoms with Gasteiger partial charge >= 0.3 is 5.97 Å². The van der Waals surface area contributed by atoms with Crippen LogP contribution in [0.1, 0.15) is 48.3 Å². The summed E-state index contributed by atoms with van der Waals surface area (Å²) in [5, 5.41) is 9.50. The van der Waals surface area contributed by atoms with Gasteiger partial charge in [0.05, 0.1) is 18.2 Å². The molecule has 1 aromatic heterocycles. The van der Waals surface area contributed by atoms with Crippen LogP contribution < -0.4 is 4.74 Å². The quantitative estimate of drug-likeness (QED) is 0.542. The van der Waals surface area contributed by atoms with Crippen molar-refractivity contribution in [1.29, 1.82) is 0 Å². The lowest BCUT2D eigenvalue weighted by molar-refractivity contribution is -0.142. The van der Waals surface area contributed by atoms with E-state index in [1.807, 2.05) is 56.3 Å². The molecular weight excluding hydrogens is 378 g/mol. The molecule has 0 bridgehead atoms. The van der Waals surface area contributed by atoms with Crippen molar-refractivity contribution in [2.75, 3.05) is 6.61 Å². The number of aryl methyl sites for hydroxylation is 2. The van der Waals surface area contributed by atoms with E-state index >= 15 is 0 Å². The maximum absolute atomic E-state index is 11.6. The van der Waals surface area contributed by atoms with Crippen LogP contribution in [0, 0.1) is 12.8 Å². The summed E-state index contributed by atoms with van der Waals surface area (Å²) in [7, 11) is 0. The van der Waals surface area contributed by atoms with E-state index in [2.05, 4.69) is 11.1 Å². The van der Waals surface area contributed by atoms with Crippen LogP contribution in [0.2, 0.25) is 0 Å². The summed E-state index contributed by atoms with van der Waals surface area (Å²) in [4.78, 5) is 16.1. The highest BCUT2D eigenvalue weighted by molar-refractivity contribution is 5.72. The standard InChI is InChI=1S/C25H27NO4/c1-3-20(25(27)28)22-11-9-18-15-19(10-12-21(18)22)29-14-13-23-16(2)26-24(30-23)17-7-5-4-6-8-17/h4-8,10,12,15,20,22H,3,9,11,13-14H2,1-2H3,(H,27,28)/t20?,22-/m0/s1. The van der Waals surface area contributed by atoms with E-state index in [-0.39, 0.29) is 11.8 Å². The van der Waals surface area contributed by atoms with Crippen LogP contribution in [0.4, 0.5) is 0 Å². The van der Waals surface area contributed by atoms with Crippen LogP contribution in [-0.2, 0) is 17.6 Å². The van der Waals surface area contributed by atoms with E-state index in [0.29, 0.717) is 25.3 Å². The summed E-state index contributed by atoms with van der Waals surface area (Å²) >= 11 is 0. The Morgan fingerprint density at radius 1 is 1.27 bits per heavy atom. The molecule has 5 heteroatoms. The summed E-state index contributed by atoms with van der Waals surface area (Å²) in [5.41, 5.74) is 4.22. The van der Waals surface area contributed by atoms with Gasteiger partial charge in [-0.1, -0.05) is 31.2 Å². The average molecular weight is 405 g/mol. The molecule has 0 aliphatic heterocycles. The molecule has 0 saturated heterocycles. The second kappa shape index (κ2) is 8.74. The molecule has 0 fully saturated rings. The fourth-order valence-electron chi connectivity index (χ4n) is 4.39. The molecule has 1 heterocycles. The molecule has 2 aromatic carbocycles. The zero-order valence-corrected chi connectivity index (χ0v) is 17.4. The zero-order chi connectivity index (χ0) is 21.1. The van der Waals surface area contributed by atoms with Gasteiger partial charge in [0, 0.05) is 12.0 Å². The van der Waals surface area contributed by atoms with Crippen molar-refractivity contribution in [3.8, 4) is 17.2 Å². The number of hydrogen-bond acceptors (Lipinski definition) is 4. The Balaban J connectivity index is 1.39. The van der Waals surface area contributed by atoms with Gasteiger partial charge in [-0.2, -0.15) is 0 Å². The summed E-state index contributed by atoms with van der Waals surface area (Å²) in [6.07, 6.45) is 3.09. The molecule has 30 heavy (non-hydrogen) atoms. The van der Waals surface area contributed by atoms with Gasteiger partial charge in [-0.25, -0.2) is 4.98 Å². The Hall–Kier alpha value is -3.08. The summed E-state index contributed by atoms with van der Waals surface area (Å²) < 4.78 is 11.9. The number of carboxylic acid groups (broad SMARTS) is 1. The van der Waals surface area contributed by atoms with Crippen LogP contribution in [-0.4, -0.2) is 22.7 Å². The average Bonchev–Trinajstić information content (AvgIpc) is 3.33. The van der Waals surface area contributed by atoms with Gasteiger partial charge in [-0.15, -0.1) is 0 Å². The smallest absolute Gasteiger partial charge is 0.307 e. The van der Waals surface area contributed by atoms with E-state index in [1.165, 1.54) is 5.56 Å². The van der Waals surface area contributed by atoms with Crippen molar-refractivity contribution in [2.45, 2.75) is 45.4 Å². The molecule has 1 aliphatic carbocycles. The molecule has 1 N–H and O–H groups in total. The third-order valence-electron chi connectivity index (χ3n) is 5.99. The van der Waals surface area contributed by atoms with E-state index < -0.39 is 5.97 Å². The first-order chi connectivity index (χ1) is 14.6. The highest BCUT2D eigenvalue weighted by Gasteiger charge is 2.33. The van der Waals surface area contributed by atoms with Crippen LogP contribution >= 0.6 is 0 Å². The molecule has 0 amide bonds. The van der Waals surface area contributed by atoms with Crippen molar-refractivity contribution < 1.29 is 19.1 Å². The predicted octanol–water partition coefficient (Wildman–Crippen LogP) is 5.41. The molecule has 1 unspecified atom stereocenters. The molecule has 0 radical (unpaired) electrons. The number of fused-ring (bicyclic) bond motifs is 1. The maximum atomic E-state index is 11.6. The molecule has 156 valence electrons. The van der Waals surface area contributed by atoms with Crippen LogP contribution in [0.25, 0.3) is 11.5 Å². The second-order valence-corrected chi connectivity index (χ2v) is 7.85. The minimum Gasteiger partial charge on any atom is -0.493 e. The topological polar surface area (TPSA) is 72.6 Å². The Bertz CT molecular complexity index is 1020. The summed E-state index contributed by atoms with van der Waals surface area (Å²) in [6.45, 7) is 4.40. The largest absolute Gasteiger partial charge is 0.493 e. The maximum Gasteiger partial charge on any atom is 0.307 e. The van der Waals surface area contributed by atoms with Crippen molar-refractivity contribution in [3.63, 3.8) is 0 Å². The Labute approximate surface area is 176 Å². The minimum absolute atomic E-state index is 0.102. The number of carboxylic acids is 1. The molecule has 0 spiro atoms. The zero-order valence-electron chi connectivity index (χ0n) is 17.4. The molecule has 2 atom stereocenters. The fourth-order valence-corrected chi connectivity index (χ4v) is 4.39. The van der Waals surface area contributed by atoms with Gasteiger partial charge < -0.3 is 14.3 Å². The number of carbonyl (C=O) groups is 1. The lowest BCUT2D eigenvalue weighted by Gasteiger charge is -2.19. The van der Waals surface area contributed by atoms with Crippen molar-refractivity contribution in [1.82, 2.24) is 4.98 Å². The van der Waals surface area contributed by atoms with Crippen molar-refractivity contribution >= 4 is 5.97 Å². The lowest BCUT2D eigenvalue weighted by Crippen LogP contribution is -2.19. The fraction of sp³-hybridized carbons (Fsp3) is 0.360. The number of oxazole rings is 1. The van der Waals surface area contributed by atoms with Crippen molar-refractivity contribution in [3.05, 3.63) is 71.1 Å². The number of aromatic nitrogens is 1. The predicted molar refractivity (Wildman–Crippen MR) is 115 cm³/mol. The third-order valence-corrected chi connectivity index (χ3v) is 5.99. The van der Waals surface area contributed by atoms with E-state index in [9.17, 15) is 9.90 Å². The minimum atomic E-state index is -0.701. The summed E-state index contributed by atoms with van der Waals surface area (Å²) in [5.74, 6) is 1.38. The Kier molecular flexibility index (Phi) is 5.88. The number of benzene rings is 2. The number of rotatable bonds is 8. The van der Waals surface area contributed by atoms with E-state index in [4.69, 9.17) is 9.15 Å². The SMILES string of the molecule is CCC(C(=O)O)[C@@H]1CCc2cc(OCCc3oc(-c4ccccc4)nc3C)ccc21. The van der Waals surface area contributed by atoms with Gasteiger partial charge in [0.2, 0.25) is 5.89 Å². The van der Waals surface area contributed by atoms with Gasteiger partial charge in [-0.05, 0) is 67.5 Å². The molecule has 4 rings (SSSR count). The van der Waals surface area contributed by atoms with Gasteiger partial charge in [0.25, 0.3) is 0 Å². The molecular formula is C25H27NO4. The monoisotopic (exact) mass is 405 g/mol. The lowest BCUT2D eigenvalue weighted by atomic mass is 9.85. The second-order valence-electron chi connectivity index (χ2n) is 7.85. The van der Waals surface area contributed by atoms with E-state index in [0.717, 1.165) is 41.2 Å². The molecule has 3 aromatic rings. The highest BCUT2D eigenvalue weighted by Crippen LogP contribution is 2.41. The summed E-state index contributed by atoms with van der Waals surface area (Å²) in [6, 6.07) is 15.9. The van der Waals surface area contributed by atoms with Gasteiger partial charge in [0.1, 0.15) is 11.5 Å². The molecule has 5 nitrogen and oxygen atoms in total. The number of hydrogen-bond donors (Lipinski definition) is 1. The third kappa shape index (κ3) is 4.11. The molecule has 1 aliphatic rings. The highest BCUT2D eigenvalue weighted by atomic mass is 16.5. The first kappa shape index (κ1) is 20.2. The first-order valence-corrected chi connectivity index (χ1v) is 10.6. The van der Waals surface area contributed by atoms with Crippen molar-refractivity contribution in [2.24, 2.45) is 5.92 Å². The number of aliphatic carboxylic acids is 1. The molecule has 0 saturated carbocycles. The van der Waals surface area contributed by atoms with Gasteiger partial charge in [0.15, 0.2) is 0 Å². The Morgan fingerprint density at radius 2 is 2.07 bits per heavy atom. The van der Waals surface area contributed by atoms with E-state index in [1.54, 1.807) is 0 Å².